The summed E-state index contributed by atoms with van der Waals surface area (Å²) in [6, 6.07) is 6.00. The normalized spacial score (nSPS) is 8.92. The van der Waals surface area contributed by atoms with E-state index in [0.717, 1.165) is 0 Å². The molecule has 1 amide bonds. The maximum Gasteiger partial charge on any atom is 0.339 e. The minimum absolute atomic E-state index is 0.00292. The molecule has 0 heterocycles. The summed E-state index contributed by atoms with van der Waals surface area (Å²) in [6.07, 6.45) is 0.318. The van der Waals surface area contributed by atoms with Gasteiger partial charge in [-0.15, -0.1) is 0 Å². The van der Waals surface area contributed by atoms with E-state index in [-0.39, 0.29) is 11.3 Å². The summed E-state index contributed by atoms with van der Waals surface area (Å²) < 4.78 is 0. The Morgan fingerprint density at radius 3 is 2.77 bits per heavy atom. The van der Waals surface area contributed by atoms with Crippen LogP contribution in [0.3, 0.4) is 0 Å². The van der Waals surface area contributed by atoms with E-state index in [4.69, 9.17) is 5.11 Å². The molecule has 0 aliphatic rings. The molecule has 0 radical (unpaired) electrons. The van der Waals surface area contributed by atoms with E-state index in [1.54, 1.807) is 12.1 Å². The Labute approximate surface area is 73.9 Å². The maximum atomic E-state index is 10.6. The third-order valence-electron chi connectivity index (χ3n) is 1.33. The number of carbonyl (C=O) groups excluding carboxylic acids is 1. The largest absolute Gasteiger partial charge is 0.478 e. The van der Waals surface area contributed by atoms with Gasteiger partial charge in [-0.1, -0.05) is 12.1 Å². The van der Waals surface area contributed by atoms with Gasteiger partial charge in [0.1, 0.15) is 5.56 Å². The van der Waals surface area contributed by atoms with Crippen molar-refractivity contribution in [3.63, 3.8) is 0 Å². The van der Waals surface area contributed by atoms with Crippen LogP contribution >= 0.6 is 0 Å². The van der Waals surface area contributed by atoms with Crippen LogP contribution in [0.15, 0.2) is 24.3 Å². The molecule has 2 N–H and O–H groups in total. The molecule has 0 bridgehead atoms. The van der Waals surface area contributed by atoms with Crippen molar-refractivity contribution in [1.82, 2.24) is 5.48 Å². The number of hydrogen-bond donors (Lipinski definition) is 2. The molecule has 1 aromatic carbocycles. The van der Waals surface area contributed by atoms with E-state index in [9.17, 15) is 9.59 Å². The van der Waals surface area contributed by atoms with Crippen molar-refractivity contribution in [3.05, 3.63) is 29.8 Å². The fraction of sp³-hybridized carbons (Fsp3) is 0. The minimum atomic E-state index is -1.11. The van der Waals surface area contributed by atoms with Crippen LogP contribution in [-0.2, 0) is 4.79 Å². The molecule has 1 rings (SSSR count). The van der Waals surface area contributed by atoms with Crippen molar-refractivity contribution >= 4 is 12.4 Å². The second-order valence-electron chi connectivity index (χ2n) is 2.14. The summed E-state index contributed by atoms with van der Waals surface area (Å²) in [6.45, 7) is 0. The van der Waals surface area contributed by atoms with Crippen molar-refractivity contribution in [1.29, 1.82) is 0 Å². The van der Waals surface area contributed by atoms with Crippen LogP contribution in [0.25, 0.3) is 0 Å². The number of rotatable bonds is 4. The number of benzene rings is 1. The SMILES string of the molecule is O=CNOc1ccccc1C(=O)O. The van der Waals surface area contributed by atoms with Crippen molar-refractivity contribution in [2.24, 2.45) is 0 Å². The highest BCUT2D eigenvalue weighted by Gasteiger charge is 2.09. The number of amides is 1. The van der Waals surface area contributed by atoms with E-state index in [1.165, 1.54) is 12.1 Å². The number of carboxylic acid groups (broad SMARTS) is 1. The average molecular weight is 181 g/mol. The first-order chi connectivity index (χ1) is 6.25. The van der Waals surface area contributed by atoms with Crippen LogP contribution in [0.4, 0.5) is 0 Å². The third-order valence-corrected chi connectivity index (χ3v) is 1.33. The van der Waals surface area contributed by atoms with Gasteiger partial charge < -0.3 is 9.94 Å². The van der Waals surface area contributed by atoms with E-state index in [2.05, 4.69) is 4.84 Å². The van der Waals surface area contributed by atoms with E-state index in [0.29, 0.717) is 6.41 Å². The molecule has 0 aromatic heterocycles. The monoisotopic (exact) mass is 181 g/mol. The van der Waals surface area contributed by atoms with Crippen LogP contribution in [0, 0.1) is 0 Å². The summed E-state index contributed by atoms with van der Waals surface area (Å²) in [5.74, 6) is -1.01. The number of carboxylic acids is 1. The Balaban J connectivity index is 2.90. The number of nitrogens with one attached hydrogen (secondary N) is 1. The van der Waals surface area contributed by atoms with Gasteiger partial charge in [-0.25, -0.2) is 4.79 Å². The molecule has 0 unspecified atom stereocenters. The minimum Gasteiger partial charge on any atom is -0.478 e. The molecule has 68 valence electrons. The summed E-state index contributed by atoms with van der Waals surface area (Å²) in [4.78, 5) is 25.1. The number of carbonyl (C=O) groups is 2. The Kier molecular flexibility index (Phi) is 2.86. The van der Waals surface area contributed by atoms with E-state index in [1.807, 2.05) is 5.48 Å². The molecule has 0 saturated heterocycles. The van der Waals surface area contributed by atoms with Crippen LogP contribution in [0.5, 0.6) is 5.75 Å². The van der Waals surface area contributed by atoms with Gasteiger partial charge in [-0.05, 0) is 12.1 Å². The number of aromatic carboxylic acids is 1. The lowest BCUT2D eigenvalue weighted by molar-refractivity contribution is -0.115. The molecule has 5 heteroatoms. The lowest BCUT2D eigenvalue weighted by Gasteiger charge is -2.04. The molecule has 1 aromatic rings. The number of para-hydroxylation sites is 1. The van der Waals surface area contributed by atoms with E-state index < -0.39 is 5.97 Å². The van der Waals surface area contributed by atoms with E-state index >= 15 is 0 Å². The number of hydroxylamine groups is 1. The summed E-state index contributed by atoms with van der Waals surface area (Å²) >= 11 is 0. The van der Waals surface area contributed by atoms with Crippen molar-refractivity contribution in [3.8, 4) is 5.75 Å². The maximum absolute atomic E-state index is 10.6. The van der Waals surface area contributed by atoms with Gasteiger partial charge in [0.15, 0.2) is 5.75 Å². The molecule has 0 saturated carbocycles. The zero-order valence-corrected chi connectivity index (χ0v) is 6.56. The smallest absolute Gasteiger partial charge is 0.339 e. The summed E-state index contributed by atoms with van der Waals surface area (Å²) in [5, 5.41) is 8.67. The zero-order chi connectivity index (χ0) is 9.68. The third kappa shape index (κ3) is 2.19. The molecule has 0 aliphatic heterocycles. The van der Waals surface area contributed by atoms with Crippen molar-refractivity contribution in [2.45, 2.75) is 0 Å². The predicted octanol–water partition coefficient (Wildman–Crippen LogP) is 0.425. The molecule has 0 fully saturated rings. The molecule has 5 nitrogen and oxygen atoms in total. The summed E-state index contributed by atoms with van der Waals surface area (Å²) in [7, 11) is 0. The second kappa shape index (κ2) is 4.10. The van der Waals surface area contributed by atoms with Gasteiger partial charge in [0.25, 0.3) is 0 Å². The Morgan fingerprint density at radius 1 is 1.46 bits per heavy atom. The van der Waals surface area contributed by atoms with Gasteiger partial charge in [0, 0.05) is 0 Å². The van der Waals surface area contributed by atoms with Crippen LogP contribution < -0.4 is 10.3 Å². The Morgan fingerprint density at radius 2 is 2.15 bits per heavy atom. The molecular formula is C8H7NO4. The van der Waals surface area contributed by atoms with Gasteiger partial charge in [-0.2, -0.15) is 5.48 Å². The fourth-order valence-electron chi connectivity index (χ4n) is 0.820. The lowest BCUT2D eigenvalue weighted by Crippen LogP contribution is -2.17. The van der Waals surface area contributed by atoms with Crippen molar-refractivity contribution in [2.75, 3.05) is 0 Å². The average Bonchev–Trinajstić information content (AvgIpc) is 2.15. The lowest BCUT2D eigenvalue weighted by atomic mass is 10.2. The standard InChI is InChI=1S/C8H7NO4/c10-5-9-13-7-4-2-1-3-6(7)8(11)12/h1-5H,(H,9,10)(H,11,12). The molecular weight excluding hydrogens is 174 g/mol. The van der Waals surface area contributed by atoms with Gasteiger partial charge >= 0.3 is 5.97 Å². The highest BCUT2D eigenvalue weighted by atomic mass is 16.7. The predicted molar refractivity (Wildman–Crippen MR) is 43.2 cm³/mol. The van der Waals surface area contributed by atoms with Crippen LogP contribution in [-0.4, -0.2) is 17.5 Å². The number of hydrogen-bond acceptors (Lipinski definition) is 3. The quantitative estimate of drug-likeness (QED) is 0.521. The van der Waals surface area contributed by atoms with Gasteiger partial charge in [0.05, 0.1) is 0 Å². The Bertz CT molecular complexity index is 324. The Hall–Kier alpha value is -2.04. The topological polar surface area (TPSA) is 75.6 Å². The zero-order valence-electron chi connectivity index (χ0n) is 6.56. The fourth-order valence-corrected chi connectivity index (χ4v) is 0.820. The van der Waals surface area contributed by atoms with Gasteiger partial charge in [-0.3, -0.25) is 4.79 Å². The molecule has 13 heavy (non-hydrogen) atoms. The highest BCUT2D eigenvalue weighted by Crippen LogP contribution is 2.16. The molecule has 0 spiro atoms. The summed E-state index contributed by atoms with van der Waals surface area (Å²) in [5.41, 5.74) is 1.91. The van der Waals surface area contributed by atoms with Gasteiger partial charge in [0.2, 0.25) is 6.41 Å². The van der Waals surface area contributed by atoms with Crippen LogP contribution in [0.2, 0.25) is 0 Å². The van der Waals surface area contributed by atoms with Crippen LogP contribution in [0.1, 0.15) is 10.4 Å². The first-order valence-corrected chi connectivity index (χ1v) is 3.44. The van der Waals surface area contributed by atoms with Crippen molar-refractivity contribution < 1.29 is 19.5 Å². The highest BCUT2D eigenvalue weighted by molar-refractivity contribution is 5.90. The molecule has 0 aliphatic carbocycles. The first-order valence-electron chi connectivity index (χ1n) is 3.44. The molecule has 0 atom stereocenters. The first kappa shape index (κ1) is 9.05. The second-order valence-corrected chi connectivity index (χ2v) is 2.14.